The van der Waals surface area contributed by atoms with Crippen LogP contribution in [-0.2, 0) is 6.18 Å². The molecule has 0 fully saturated rings. The molecular weight excluding hydrogens is 307 g/mol. The van der Waals surface area contributed by atoms with Gasteiger partial charge >= 0.3 is 6.18 Å². The van der Waals surface area contributed by atoms with Crippen molar-refractivity contribution in [1.82, 2.24) is 4.98 Å². The molecule has 8 heteroatoms. The van der Waals surface area contributed by atoms with Gasteiger partial charge in [0, 0.05) is 5.69 Å². The van der Waals surface area contributed by atoms with Gasteiger partial charge in [0.25, 0.3) is 5.91 Å². The molecule has 2 aromatic rings. The van der Waals surface area contributed by atoms with E-state index in [0.29, 0.717) is 0 Å². The van der Waals surface area contributed by atoms with Crippen LogP contribution in [0.2, 0.25) is 5.02 Å². The summed E-state index contributed by atoms with van der Waals surface area (Å²) in [5.74, 6) is -0.552. The Morgan fingerprint density at radius 2 is 1.76 bits per heavy atom. The number of hydrogen-bond acceptors (Lipinski definition) is 3. The van der Waals surface area contributed by atoms with E-state index >= 15 is 0 Å². The molecule has 0 saturated heterocycles. The third kappa shape index (κ3) is 3.63. The van der Waals surface area contributed by atoms with Gasteiger partial charge < -0.3 is 11.1 Å². The first-order chi connectivity index (χ1) is 9.77. The second-order valence-corrected chi connectivity index (χ2v) is 4.50. The van der Waals surface area contributed by atoms with Crippen LogP contribution in [0.5, 0.6) is 0 Å². The molecule has 0 aliphatic carbocycles. The van der Waals surface area contributed by atoms with Crippen molar-refractivity contribution in [3.63, 3.8) is 0 Å². The van der Waals surface area contributed by atoms with E-state index in [9.17, 15) is 18.0 Å². The molecule has 1 aromatic carbocycles. The van der Waals surface area contributed by atoms with Gasteiger partial charge in [-0.1, -0.05) is 11.6 Å². The van der Waals surface area contributed by atoms with E-state index < -0.39 is 17.6 Å². The Morgan fingerprint density at radius 1 is 1.14 bits per heavy atom. The first-order valence-corrected chi connectivity index (χ1v) is 6.06. The standard InChI is InChI=1S/C13H9ClF3N3O/c14-9-5-6-10(18)20-11(9)12(21)19-8-3-1-7(2-4-8)13(15,16)17/h1-6H,(H2,18,20)(H,19,21). The largest absolute Gasteiger partial charge is 0.416 e. The summed E-state index contributed by atoms with van der Waals surface area (Å²) in [5, 5.41) is 2.49. The van der Waals surface area contributed by atoms with Crippen molar-refractivity contribution >= 4 is 29.0 Å². The molecule has 1 heterocycles. The molecule has 110 valence electrons. The van der Waals surface area contributed by atoms with Crippen molar-refractivity contribution in [3.05, 3.63) is 52.7 Å². The molecule has 1 amide bonds. The molecule has 0 atom stereocenters. The predicted molar refractivity (Wildman–Crippen MR) is 73.1 cm³/mol. The quantitative estimate of drug-likeness (QED) is 0.890. The monoisotopic (exact) mass is 315 g/mol. The molecule has 4 nitrogen and oxygen atoms in total. The van der Waals surface area contributed by atoms with E-state index in [1.54, 1.807) is 0 Å². The number of nitrogens with zero attached hydrogens (tertiary/aromatic N) is 1. The van der Waals surface area contributed by atoms with Crippen molar-refractivity contribution in [3.8, 4) is 0 Å². The van der Waals surface area contributed by atoms with E-state index in [2.05, 4.69) is 10.3 Å². The van der Waals surface area contributed by atoms with Crippen LogP contribution >= 0.6 is 11.6 Å². The number of nitrogens with two attached hydrogens (primary N) is 1. The van der Waals surface area contributed by atoms with Gasteiger partial charge in [-0.05, 0) is 36.4 Å². The minimum absolute atomic E-state index is 0.0913. The second kappa shape index (κ2) is 5.61. The van der Waals surface area contributed by atoms with Crippen molar-refractivity contribution < 1.29 is 18.0 Å². The fourth-order valence-electron chi connectivity index (χ4n) is 1.55. The normalized spacial score (nSPS) is 11.2. The van der Waals surface area contributed by atoms with Crippen molar-refractivity contribution in [1.29, 1.82) is 0 Å². The first-order valence-electron chi connectivity index (χ1n) is 5.68. The highest BCUT2D eigenvalue weighted by Crippen LogP contribution is 2.30. The van der Waals surface area contributed by atoms with Crippen molar-refractivity contribution in [2.75, 3.05) is 11.1 Å². The number of rotatable bonds is 2. The highest BCUT2D eigenvalue weighted by molar-refractivity contribution is 6.34. The zero-order valence-electron chi connectivity index (χ0n) is 10.4. The molecule has 0 radical (unpaired) electrons. The van der Waals surface area contributed by atoms with Crippen LogP contribution < -0.4 is 11.1 Å². The number of carbonyl (C=O) groups is 1. The number of carbonyl (C=O) groups excluding carboxylic acids is 1. The van der Waals surface area contributed by atoms with Crippen molar-refractivity contribution in [2.24, 2.45) is 0 Å². The van der Waals surface area contributed by atoms with Gasteiger partial charge in [0.05, 0.1) is 10.6 Å². The maximum atomic E-state index is 12.4. The number of anilines is 2. The molecule has 2 rings (SSSR count). The van der Waals surface area contributed by atoms with Crippen LogP contribution in [-0.4, -0.2) is 10.9 Å². The van der Waals surface area contributed by atoms with Crippen LogP contribution in [0.25, 0.3) is 0 Å². The molecule has 0 aliphatic rings. The Hall–Kier alpha value is -2.28. The Kier molecular flexibility index (Phi) is 4.04. The van der Waals surface area contributed by atoms with Crippen LogP contribution in [0.1, 0.15) is 16.1 Å². The number of nitrogens with one attached hydrogen (secondary N) is 1. The maximum absolute atomic E-state index is 12.4. The Bertz CT molecular complexity index is 671. The predicted octanol–water partition coefficient (Wildman–Crippen LogP) is 3.59. The molecule has 0 unspecified atom stereocenters. The number of hydrogen-bond donors (Lipinski definition) is 2. The average molecular weight is 316 g/mol. The van der Waals surface area contributed by atoms with Gasteiger partial charge in [0.1, 0.15) is 11.5 Å². The number of amides is 1. The van der Waals surface area contributed by atoms with E-state index in [-0.39, 0.29) is 22.2 Å². The number of benzene rings is 1. The molecule has 3 N–H and O–H groups in total. The summed E-state index contributed by atoms with van der Waals surface area (Å²) >= 11 is 5.81. The highest BCUT2D eigenvalue weighted by Gasteiger charge is 2.30. The van der Waals surface area contributed by atoms with Gasteiger partial charge in [0.2, 0.25) is 0 Å². The molecule has 1 aromatic heterocycles. The van der Waals surface area contributed by atoms with Crippen LogP contribution in [0, 0.1) is 0 Å². The third-order valence-corrected chi connectivity index (χ3v) is 2.86. The molecule has 0 spiro atoms. The topological polar surface area (TPSA) is 68.0 Å². The van der Waals surface area contributed by atoms with Crippen LogP contribution in [0.4, 0.5) is 24.7 Å². The number of halogens is 4. The lowest BCUT2D eigenvalue weighted by Gasteiger charge is -2.09. The van der Waals surface area contributed by atoms with E-state index in [1.807, 2.05) is 0 Å². The Balaban J connectivity index is 2.18. The lowest BCUT2D eigenvalue weighted by atomic mass is 10.2. The summed E-state index contributed by atoms with van der Waals surface area (Å²) in [4.78, 5) is 15.7. The summed E-state index contributed by atoms with van der Waals surface area (Å²) in [7, 11) is 0. The van der Waals surface area contributed by atoms with Gasteiger partial charge in [-0.3, -0.25) is 4.79 Å². The number of pyridine rings is 1. The first kappa shape index (κ1) is 15.1. The third-order valence-electron chi connectivity index (χ3n) is 2.55. The fraction of sp³-hybridized carbons (Fsp3) is 0.0769. The maximum Gasteiger partial charge on any atom is 0.416 e. The summed E-state index contributed by atoms with van der Waals surface area (Å²) in [6.45, 7) is 0. The zero-order valence-corrected chi connectivity index (χ0v) is 11.2. The average Bonchev–Trinajstić information content (AvgIpc) is 2.41. The summed E-state index contributed by atoms with van der Waals surface area (Å²) in [5.41, 5.74) is 4.73. The van der Waals surface area contributed by atoms with E-state index in [0.717, 1.165) is 24.3 Å². The number of nitrogen functional groups attached to an aromatic ring is 1. The van der Waals surface area contributed by atoms with Crippen molar-refractivity contribution in [2.45, 2.75) is 6.18 Å². The van der Waals surface area contributed by atoms with Gasteiger partial charge in [-0.15, -0.1) is 0 Å². The van der Waals surface area contributed by atoms with Crippen LogP contribution in [0.15, 0.2) is 36.4 Å². The van der Waals surface area contributed by atoms with Gasteiger partial charge in [0.15, 0.2) is 0 Å². The fourth-order valence-corrected chi connectivity index (χ4v) is 1.74. The van der Waals surface area contributed by atoms with Gasteiger partial charge in [-0.2, -0.15) is 13.2 Å². The second-order valence-electron chi connectivity index (χ2n) is 4.10. The minimum atomic E-state index is -4.43. The lowest BCUT2D eigenvalue weighted by molar-refractivity contribution is -0.137. The highest BCUT2D eigenvalue weighted by atomic mass is 35.5. The molecule has 21 heavy (non-hydrogen) atoms. The smallest absolute Gasteiger partial charge is 0.384 e. The number of alkyl halides is 3. The number of aromatic nitrogens is 1. The summed E-state index contributed by atoms with van der Waals surface area (Å²) < 4.78 is 37.2. The van der Waals surface area contributed by atoms with E-state index in [4.69, 9.17) is 17.3 Å². The van der Waals surface area contributed by atoms with E-state index in [1.165, 1.54) is 12.1 Å². The Morgan fingerprint density at radius 3 is 2.33 bits per heavy atom. The molecule has 0 saturated carbocycles. The molecule has 0 aliphatic heterocycles. The van der Waals surface area contributed by atoms with Gasteiger partial charge in [-0.25, -0.2) is 4.98 Å². The zero-order chi connectivity index (χ0) is 15.6. The minimum Gasteiger partial charge on any atom is -0.384 e. The lowest BCUT2D eigenvalue weighted by Crippen LogP contribution is -2.15. The summed E-state index contributed by atoms with van der Waals surface area (Å²) in [6, 6.07) is 6.85. The molecule has 0 bridgehead atoms. The summed E-state index contributed by atoms with van der Waals surface area (Å²) in [6.07, 6.45) is -4.43. The van der Waals surface area contributed by atoms with Crippen LogP contribution in [0.3, 0.4) is 0 Å². The SMILES string of the molecule is Nc1ccc(Cl)c(C(=O)Nc2ccc(C(F)(F)F)cc2)n1. The Labute approximate surface area is 122 Å². The molecular formula is C13H9ClF3N3O.